The standard InChI is InChI=1S/C22H20ClN3O2/c23-18-8-2-1-6-16(18)14-24-21(27)11-12-22(28)26-15-17-7-5-13-25(17)19-9-3-4-10-20(19)26/h1-10,13H,11-12,14-15H2,(H,24,27). The van der Waals surface area contributed by atoms with Gasteiger partial charge in [-0.1, -0.05) is 41.9 Å². The molecule has 0 fully saturated rings. The summed E-state index contributed by atoms with van der Waals surface area (Å²) in [7, 11) is 0. The van der Waals surface area contributed by atoms with Gasteiger partial charge >= 0.3 is 0 Å². The summed E-state index contributed by atoms with van der Waals surface area (Å²) in [5.74, 6) is -0.227. The number of para-hydroxylation sites is 2. The minimum atomic E-state index is -0.165. The molecule has 5 nitrogen and oxygen atoms in total. The van der Waals surface area contributed by atoms with Crippen LogP contribution in [0.3, 0.4) is 0 Å². The number of benzene rings is 2. The highest BCUT2D eigenvalue weighted by molar-refractivity contribution is 6.31. The largest absolute Gasteiger partial charge is 0.352 e. The fraction of sp³-hybridized carbons (Fsp3) is 0.182. The Morgan fingerprint density at radius 3 is 2.50 bits per heavy atom. The molecule has 0 unspecified atom stereocenters. The Morgan fingerprint density at radius 2 is 1.68 bits per heavy atom. The van der Waals surface area contributed by atoms with Gasteiger partial charge in [-0.15, -0.1) is 0 Å². The molecule has 0 aliphatic carbocycles. The monoisotopic (exact) mass is 393 g/mol. The van der Waals surface area contributed by atoms with E-state index in [1.807, 2.05) is 60.8 Å². The maximum Gasteiger partial charge on any atom is 0.227 e. The third-order valence-electron chi connectivity index (χ3n) is 4.89. The average Bonchev–Trinajstić information content (AvgIpc) is 3.20. The van der Waals surface area contributed by atoms with Gasteiger partial charge in [-0.2, -0.15) is 0 Å². The molecule has 0 saturated heterocycles. The summed E-state index contributed by atoms with van der Waals surface area (Å²) >= 11 is 6.10. The number of fused-ring (bicyclic) bond motifs is 3. The van der Waals surface area contributed by atoms with Crippen molar-refractivity contribution in [2.75, 3.05) is 4.90 Å². The first kappa shape index (κ1) is 18.3. The molecule has 0 spiro atoms. The minimum Gasteiger partial charge on any atom is -0.352 e. The Labute approximate surface area is 168 Å². The van der Waals surface area contributed by atoms with E-state index in [-0.39, 0.29) is 24.7 Å². The van der Waals surface area contributed by atoms with Gasteiger partial charge in [0.1, 0.15) is 0 Å². The smallest absolute Gasteiger partial charge is 0.227 e. The van der Waals surface area contributed by atoms with Crippen molar-refractivity contribution in [3.8, 4) is 5.69 Å². The number of nitrogens with zero attached hydrogens (tertiary/aromatic N) is 2. The summed E-state index contributed by atoms with van der Waals surface area (Å²) in [6.45, 7) is 0.858. The molecular weight excluding hydrogens is 374 g/mol. The van der Waals surface area contributed by atoms with Crippen molar-refractivity contribution in [1.82, 2.24) is 9.88 Å². The third kappa shape index (κ3) is 3.66. The van der Waals surface area contributed by atoms with Crippen molar-refractivity contribution in [2.45, 2.75) is 25.9 Å². The molecule has 0 radical (unpaired) electrons. The van der Waals surface area contributed by atoms with E-state index >= 15 is 0 Å². The van der Waals surface area contributed by atoms with Crippen LogP contribution in [0.4, 0.5) is 5.69 Å². The second kappa shape index (κ2) is 7.90. The van der Waals surface area contributed by atoms with Gasteiger partial charge in [0, 0.05) is 36.3 Å². The number of rotatable bonds is 5. The van der Waals surface area contributed by atoms with E-state index in [1.165, 1.54) is 0 Å². The van der Waals surface area contributed by atoms with Gasteiger partial charge in [-0.3, -0.25) is 9.59 Å². The van der Waals surface area contributed by atoms with E-state index in [4.69, 9.17) is 11.6 Å². The number of halogens is 1. The summed E-state index contributed by atoms with van der Waals surface area (Å²) < 4.78 is 2.09. The van der Waals surface area contributed by atoms with Gasteiger partial charge < -0.3 is 14.8 Å². The number of aromatic nitrogens is 1. The molecule has 4 rings (SSSR count). The van der Waals surface area contributed by atoms with Gasteiger partial charge in [-0.05, 0) is 35.9 Å². The van der Waals surface area contributed by atoms with Crippen LogP contribution in [0.1, 0.15) is 24.1 Å². The van der Waals surface area contributed by atoms with Crippen molar-refractivity contribution < 1.29 is 9.59 Å². The lowest BCUT2D eigenvalue weighted by atomic mass is 10.1. The number of carbonyl (C=O) groups is 2. The van der Waals surface area contributed by atoms with Crippen molar-refractivity contribution in [3.63, 3.8) is 0 Å². The minimum absolute atomic E-state index is 0.0622. The number of anilines is 1. The average molecular weight is 394 g/mol. The second-order valence-electron chi connectivity index (χ2n) is 6.71. The Balaban J connectivity index is 1.38. The molecule has 1 aromatic heterocycles. The molecule has 2 heterocycles. The van der Waals surface area contributed by atoms with Crippen LogP contribution in [0.2, 0.25) is 5.02 Å². The first-order valence-electron chi connectivity index (χ1n) is 9.19. The molecule has 142 valence electrons. The summed E-state index contributed by atoms with van der Waals surface area (Å²) in [5.41, 5.74) is 3.75. The molecule has 0 saturated carbocycles. The Kier molecular flexibility index (Phi) is 5.17. The zero-order valence-corrected chi connectivity index (χ0v) is 16.0. The number of hydrogen-bond acceptors (Lipinski definition) is 2. The van der Waals surface area contributed by atoms with E-state index in [9.17, 15) is 9.59 Å². The SMILES string of the molecule is O=C(CCC(=O)N1Cc2cccn2-c2ccccc21)NCc1ccccc1Cl. The van der Waals surface area contributed by atoms with Crippen LogP contribution >= 0.6 is 11.6 Å². The van der Waals surface area contributed by atoms with Crippen molar-refractivity contribution in [2.24, 2.45) is 0 Å². The Hall–Kier alpha value is -3.05. The van der Waals surface area contributed by atoms with Gasteiger partial charge in [0.15, 0.2) is 0 Å². The predicted molar refractivity (Wildman–Crippen MR) is 109 cm³/mol. The normalized spacial score (nSPS) is 12.2. The van der Waals surface area contributed by atoms with E-state index in [0.717, 1.165) is 22.6 Å². The van der Waals surface area contributed by atoms with Crippen LogP contribution < -0.4 is 10.2 Å². The van der Waals surface area contributed by atoms with Crippen LogP contribution in [0, 0.1) is 0 Å². The maximum absolute atomic E-state index is 12.8. The zero-order valence-electron chi connectivity index (χ0n) is 15.3. The number of hydrogen-bond donors (Lipinski definition) is 1. The van der Waals surface area contributed by atoms with Crippen LogP contribution in [-0.4, -0.2) is 16.4 Å². The molecule has 1 aliphatic heterocycles. The highest BCUT2D eigenvalue weighted by atomic mass is 35.5. The van der Waals surface area contributed by atoms with Crippen molar-refractivity contribution in [3.05, 3.63) is 83.1 Å². The van der Waals surface area contributed by atoms with E-state index < -0.39 is 0 Å². The summed E-state index contributed by atoms with van der Waals surface area (Å²) in [6, 6.07) is 19.2. The maximum atomic E-state index is 12.8. The van der Waals surface area contributed by atoms with E-state index in [2.05, 4.69) is 9.88 Å². The molecule has 1 N–H and O–H groups in total. The number of nitrogens with one attached hydrogen (secondary N) is 1. The molecule has 6 heteroatoms. The van der Waals surface area contributed by atoms with E-state index in [0.29, 0.717) is 18.1 Å². The van der Waals surface area contributed by atoms with Gasteiger partial charge in [0.2, 0.25) is 11.8 Å². The Morgan fingerprint density at radius 1 is 0.929 bits per heavy atom. The summed E-state index contributed by atoms with van der Waals surface area (Å²) in [6.07, 6.45) is 2.30. The zero-order chi connectivity index (χ0) is 19.5. The molecular formula is C22H20ClN3O2. The summed E-state index contributed by atoms with van der Waals surface area (Å²) in [4.78, 5) is 26.8. The quantitative estimate of drug-likeness (QED) is 0.710. The first-order valence-corrected chi connectivity index (χ1v) is 9.57. The lowest BCUT2D eigenvalue weighted by Gasteiger charge is -2.31. The third-order valence-corrected chi connectivity index (χ3v) is 5.25. The molecule has 0 atom stereocenters. The topological polar surface area (TPSA) is 54.3 Å². The van der Waals surface area contributed by atoms with Gasteiger partial charge in [0.05, 0.1) is 17.9 Å². The lowest BCUT2D eigenvalue weighted by molar-refractivity contribution is -0.125. The van der Waals surface area contributed by atoms with Crippen LogP contribution in [0.25, 0.3) is 5.69 Å². The molecule has 3 aromatic rings. The predicted octanol–water partition coefficient (Wildman–Crippen LogP) is 4.07. The van der Waals surface area contributed by atoms with E-state index in [1.54, 1.807) is 11.0 Å². The number of amides is 2. The fourth-order valence-electron chi connectivity index (χ4n) is 3.43. The highest BCUT2D eigenvalue weighted by Gasteiger charge is 2.25. The van der Waals surface area contributed by atoms with Crippen molar-refractivity contribution in [1.29, 1.82) is 0 Å². The highest BCUT2D eigenvalue weighted by Crippen LogP contribution is 2.32. The fourth-order valence-corrected chi connectivity index (χ4v) is 3.63. The Bertz CT molecular complexity index is 1030. The van der Waals surface area contributed by atoms with Crippen molar-refractivity contribution >= 4 is 29.1 Å². The van der Waals surface area contributed by atoms with Crippen LogP contribution in [0.15, 0.2) is 66.9 Å². The summed E-state index contributed by atoms with van der Waals surface area (Å²) in [5, 5.41) is 3.45. The van der Waals surface area contributed by atoms with Crippen LogP contribution in [0.5, 0.6) is 0 Å². The molecule has 2 amide bonds. The molecule has 1 aliphatic rings. The molecule has 28 heavy (non-hydrogen) atoms. The molecule has 2 aromatic carbocycles. The molecule has 0 bridgehead atoms. The number of carbonyl (C=O) groups excluding carboxylic acids is 2. The first-order chi connectivity index (χ1) is 13.6. The second-order valence-corrected chi connectivity index (χ2v) is 7.11. The van der Waals surface area contributed by atoms with Crippen LogP contribution in [-0.2, 0) is 22.7 Å². The van der Waals surface area contributed by atoms with Gasteiger partial charge in [-0.25, -0.2) is 0 Å². The lowest BCUT2D eigenvalue weighted by Crippen LogP contribution is -2.35. The van der Waals surface area contributed by atoms with Gasteiger partial charge in [0.25, 0.3) is 0 Å².